The summed E-state index contributed by atoms with van der Waals surface area (Å²) in [6.45, 7) is 5.74. The molecule has 0 aliphatic heterocycles. The summed E-state index contributed by atoms with van der Waals surface area (Å²) in [4.78, 5) is 4.74. The van der Waals surface area contributed by atoms with E-state index in [1.807, 2.05) is 13.8 Å². The minimum absolute atomic E-state index is 0.0971. The molecule has 1 fully saturated rings. The van der Waals surface area contributed by atoms with Crippen molar-refractivity contribution in [2.45, 2.75) is 71.3 Å². The number of nitrogens with one attached hydrogen (secondary N) is 2. The molecule has 5 nitrogen and oxygen atoms in total. The molecule has 1 atom stereocenters. The van der Waals surface area contributed by atoms with E-state index in [1.165, 1.54) is 51.2 Å². The van der Waals surface area contributed by atoms with Gasteiger partial charge in [-0.05, 0) is 39.0 Å². The summed E-state index contributed by atoms with van der Waals surface area (Å²) in [5, 5.41) is 6.60. The van der Waals surface area contributed by atoms with Crippen LogP contribution < -0.4 is 10.6 Å². The van der Waals surface area contributed by atoms with Crippen molar-refractivity contribution in [1.29, 1.82) is 0 Å². The highest BCUT2D eigenvalue weighted by molar-refractivity contribution is 7.90. The maximum absolute atomic E-state index is 11.3. The molecule has 1 aliphatic carbocycles. The van der Waals surface area contributed by atoms with E-state index in [9.17, 15) is 8.42 Å². The quantitative estimate of drug-likeness (QED) is 0.550. The molecule has 1 aliphatic rings. The first-order valence-corrected chi connectivity index (χ1v) is 11.2. The van der Waals surface area contributed by atoms with Crippen molar-refractivity contribution in [2.24, 2.45) is 10.9 Å². The molecule has 0 bridgehead atoms. The summed E-state index contributed by atoms with van der Waals surface area (Å²) in [5.41, 5.74) is 0. The highest BCUT2D eigenvalue weighted by Gasteiger charge is 2.13. The molecule has 0 spiro atoms. The molecule has 136 valence electrons. The van der Waals surface area contributed by atoms with E-state index in [0.717, 1.165) is 19.0 Å². The summed E-state index contributed by atoms with van der Waals surface area (Å²) in [5.74, 6) is 1.72. The summed E-state index contributed by atoms with van der Waals surface area (Å²) >= 11 is 0. The highest BCUT2D eigenvalue weighted by atomic mass is 32.2. The van der Waals surface area contributed by atoms with Crippen molar-refractivity contribution in [1.82, 2.24) is 10.6 Å². The molecule has 0 saturated heterocycles. The lowest BCUT2D eigenvalue weighted by Gasteiger charge is -2.20. The normalized spacial score (nSPS) is 19.7. The molecule has 0 radical (unpaired) electrons. The number of sulfone groups is 1. The Kier molecular flexibility index (Phi) is 9.60. The number of rotatable bonds is 7. The number of aliphatic imine (C=N–C) groups is 1. The maximum Gasteiger partial charge on any atom is 0.191 e. The molecule has 2 N–H and O–H groups in total. The molecule has 0 amide bonds. The lowest BCUT2D eigenvalue weighted by Crippen LogP contribution is -2.43. The van der Waals surface area contributed by atoms with Gasteiger partial charge in [0.1, 0.15) is 9.84 Å². The van der Waals surface area contributed by atoms with Crippen LogP contribution in [0.2, 0.25) is 0 Å². The van der Waals surface area contributed by atoms with Crippen molar-refractivity contribution in [3.63, 3.8) is 0 Å². The number of nitrogens with zero attached hydrogens (tertiary/aromatic N) is 1. The smallest absolute Gasteiger partial charge is 0.191 e. The lowest BCUT2D eigenvalue weighted by atomic mass is 9.91. The Balaban J connectivity index is 2.47. The second-order valence-electron chi connectivity index (χ2n) is 6.89. The predicted octanol–water partition coefficient (Wildman–Crippen LogP) is 2.73. The Hall–Kier alpha value is -0.780. The van der Waals surface area contributed by atoms with Crippen molar-refractivity contribution in [2.75, 3.05) is 25.1 Å². The molecule has 0 aromatic rings. The first-order chi connectivity index (χ1) is 10.9. The standard InChI is InChI=1S/C17H35N3O2S/c1-4-18-17(20-15(2)12-13-23(3,21)22)19-14-16-10-8-6-5-7-9-11-16/h15-16H,4-14H2,1-3H3,(H2,18,19,20). The Morgan fingerprint density at radius 3 is 2.35 bits per heavy atom. The zero-order chi connectivity index (χ0) is 17.1. The highest BCUT2D eigenvalue weighted by Crippen LogP contribution is 2.22. The third-order valence-corrected chi connectivity index (χ3v) is 5.36. The number of hydrogen-bond acceptors (Lipinski definition) is 3. The molecular weight excluding hydrogens is 310 g/mol. The Labute approximate surface area is 142 Å². The van der Waals surface area contributed by atoms with Crippen LogP contribution in [0.1, 0.15) is 65.2 Å². The fourth-order valence-corrected chi connectivity index (χ4v) is 3.74. The van der Waals surface area contributed by atoms with Gasteiger partial charge in [0.2, 0.25) is 0 Å². The van der Waals surface area contributed by atoms with Gasteiger partial charge in [0.15, 0.2) is 5.96 Å². The second kappa shape index (κ2) is 10.9. The average molecular weight is 346 g/mol. The first-order valence-electron chi connectivity index (χ1n) is 9.13. The van der Waals surface area contributed by atoms with Crippen molar-refractivity contribution in [3.05, 3.63) is 0 Å². The Morgan fingerprint density at radius 1 is 1.17 bits per heavy atom. The van der Waals surface area contributed by atoms with Crippen LogP contribution in [0.3, 0.4) is 0 Å². The van der Waals surface area contributed by atoms with Crippen molar-refractivity contribution >= 4 is 15.8 Å². The molecule has 23 heavy (non-hydrogen) atoms. The molecule has 0 aromatic heterocycles. The third-order valence-electron chi connectivity index (χ3n) is 4.38. The topological polar surface area (TPSA) is 70.6 Å². The molecule has 0 aromatic carbocycles. The maximum atomic E-state index is 11.3. The van der Waals surface area contributed by atoms with Crippen LogP contribution in [0.15, 0.2) is 4.99 Å². The first kappa shape index (κ1) is 20.3. The summed E-state index contributed by atoms with van der Waals surface area (Å²) in [7, 11) is -2.90. The van der Waals surface area contributed by atoms with E-state index in [0.29, 0.717) is 12.3 Å². The zero-order valence-electron chi connectivity index (χ0n) is 15.1. The molecule has 1 unspecified atom stereocenters. The van der Waals surface area contributed by atoms with E-state index in [4.69, 9.17) is 4.99 Å². The summed E-state index contributed by atoms with van der Waals surface area (Å²) in [6, 6.07) is 0.0971. The van der Waals surface area contributed by atoms with E-state index in [-0.39, 0.29) is 11.8 Å². The van der Waals surface area contributed by atoms with Gasteiger partial charge in [0, 0.05) is 25.4 Å². The van der Waals surface area contributed by atoms with Crippen LogP contribution in [0, 0.1) is 5.92 Å². The van der Waals surface area contributed by atoms with Gasteiger partial charge in [-0.15, -0.1) is 0 Å². The predicted molar refractivity (Wildman–Crippen MR) is 98.7 cm³/mol. The monoisotopic (exact) mass is 345 g/mol. The van der Waals surface area contributed by atoms with Crippen molar-refractivity contribution in [3.8, 4) is 0 Å². The van der Waals surface area contributed by atoms with Crippen LogP contribution in [0.25, 0.3) is 0 Å². The molecule has 0 heterocycles. The third kappa shape index (κ3) is 10.6. The van der Waals surface area contributed by atoms with Crippen LogP contribution >= 0.6 is 0 Å². The van der Waals surface area contributed by atoms with Gasteiger partial charge in [-0.1, -0.05) is 32.1 Å². The van der Waals surface area contributed by atoms with E-state index < -0.39 is 9.84 Å². The van der Waals surface area contributed by atoms with Crippen LogP contribution in [0.5, 0.6) is 0 Å². The van der Waals surface area contributed by atoms with Gasteiger partial charge in [-0.2, -0.15) is 0 Å². The van der Waals surface area contributed by atoms with Crippen molar-refractivity contribution < 1.29 is 8.42 Å². The fraction of sp³-hybridized carbons (Fsp3) is 0.941. The molecule has 1 rings (SSSR count). The SMILES string of the molecule is CCNC(=NCC1CCCCCCC1)NC(C)CCS(C)(=O)=O. The van der Waals surface area contributed by atoms with Crippen LogP contribution in [0.4, 0.5) is 0 Å². The molecule has 1 saturated carbocycles. The fourth-order valence-electron chi connectivity index (χ4n) is 2.96. The van der Waals surface area contributed by atoms with E-state index >= 15 is 0 Å². The number of hydrogen-bond donors (Lipinski definition) is 2. The molecule has 6 heteroatoms. The van der Waals surface area contributed by atoms with E-state index in [2.05, 4.69) is 10.6 Å². The van der Waals surface area contributed by atoms with Gasteiger partial charge >= 0.3 is 0 Å². The van der Waals surface area contributed by atoms with Gasteiger partial charge in [0.05, 0.1) is 5.75 Å². The lowest BCUT2D eigenvalue weighted by molar-refractivity contribution is 0.385. The largest absolute Gasteiger partial charge is 0.357 e. The van der Waals surface area contributed by atoms with Gasteiger partial charge in [-0.3, -0.25) is 4.99 Å². The Bertz CT molecular complexity index is 441. The van der Waals surface area contributed by atoms with Gasteiger partial charge in [-0.25, -0.2) is 8.42 Å². The van der Waals surface area contributed by atoms with Gasteiger partial charge < -0.3 is 10.6 Å². The number of guanidine groups is 1. The average Bonchev–Trinajstić information content (AvgIpc) is 2.43. The zero-order valence-corrected chi connectivity index (χ0v) is 15.9. The summed E-state index contributed by atoms with van der Waals surface area (Å²) < 4.78 is 22.5. The Morgan fingerprint density at radius 2 is 1.78 bits per heavy atom. The minimum atomic E-state index is -2.90. The minimum Gasteiger partial charge on any atom is -0.357 e. The molecular formula is C17H35N3O2S. The van der Waals surface area contributed by atoms with Crippen LogP contribution in [-0.4, -0.2) is 45.5 Å². The van der Waals surface area contributed by atoms with Crippen LogP contribution in [-0.2, 0) is 9.84 Å². The van der Waals surface area contributed by atoms with E-state index in [1.54, 1.807) is 0 Å². The van der Waals surface area contributed by atoms with Gasteiger partial charge in [0.25, 0.3) is 0 Å². The second-order valence-corrected chi connectivity index (χ2v) is 9.15. The summed E-state index contributed by atoms with van der Waals surface area (Å²) in [6.07, 6.45) is 11.2.